The van der Waals surface area contributed by atoms with Gasteiger partial charge >= 0.3 is 0 Å². The van der Waals surface area contributed by atoms with Crippen LogP contribution in [0.15, 0.2) is 15.9 Å². The van der Waals surface area contributed by atoms with Crippen molar-refractivity contribution in [2.45, 2.75) is 56.7 Å². The number of thiophene rings is 1. The lowest BCUT2D eigenvalue weighted by Crippen LogP contribution is -2.63. The van der Waals surface area contributed by atoms with Gasteiger partial charge in [-0.2, -0.15) is 0 Å². The molecule has 0 aromatic carbocycles. The van der Waals surface area contributed by atoms with Crippen LogP contribution in [0.3, 0.4) is 0 Å². The first kappa shape index (κ1) is 13.7. The maximum atomic E-state index is 3.89. The molecule has 1 atom stereocenters. The van der Waals surface area contributed by atoms with Crippen LogP contribution in [0, 0.1) is 5.92 Å². The Morgan fingerprint density at radius 2 is 2.15 bits per heavy atom. The second kappa shape index (κ2) is 5.38. The molecule has 3 aliphatic rings. The highest BCUT2D eigenvalue weighted by atomic mass is 79.9. The summed E-state index contributed by atoms with van der Waals surface area (Å²) in [5.74, 6) is 0.961. The molecule has 2 heterocycles. The number of hydrogen-bond donors (Lipinski definition) is 1. The lowest BCUT2D eigenvalue weighted by Gasteiger charge is -2.48. The fraction of sp³-hybridized carbons (Fsp3) is 0.750. The highest BCUT2D eigenvalue weighted by Crippen LogP contribution is 2.42. The Morgan fingerprint density at radius 3 is 2.80 bits per heavy atom. The van der Waals surface area contributed by atoms with Gasteiger partial charge in [-0.05, 0) is 59.0 Å². The van der Waals surface area contributed by atoms with E-state index >= 15 is 0 Å². The zero-order valence-electron chi connectivity index (χ0n) is 11.9. The Kier molecular flexibility index (Phi) is 3.70. The van der Waals surface area contributed by atoms with Crippen molar-refractivity contribution in [2.24, 2.45) is 5.92 Å². The van der Waals surface area contributed by atoms with Crippen LogP contribution in [-0.4, -0.2) is 29.6 Å². The smallest absolute Gasteiger partial charge is 0.0346 e. The fourth-order valence-electron chi connectivity index (χ4n) is 4.11. The predicted molar refractivity (Wildman–Crippen MR) is 88.1 cm³/mol. The molecule has 3 fully saturated rings. The van der Waals surface area contributed by atoms with Gasteiger partial charge in [-0.3, -0.25) is 4.90 Å². The number of nitrogens with one attached hydrogen (secondary N) is 1. The molecule has 4 heteroatoms. The van der Waals surface area contributed by atoms with E-state index in [0.717, 1.165) is 18.5 Å². The molecular formula is C16H23BrN2S. The van der Waals surface area contributed by atoms with Crippen LogP contribution >= 0.6 is 27.3 Å². The summed E-state index contributed by atoms with van der Waals surface area (Å²) >= 11 is 5.62. The molecule has 2 nitrogen and oxygen atoms in total. The summed E-state index contributed by atoms with van der Waals surface area (Å²) in [6.45, 7) is 3.62. The van der Waals surface area contributed by atoms with Gasteiger partial charge in [0.25, 0.3) is 0 Å². The molecule has 2 saturated carbocycles. The molecule has 1 unspecified atom stereocenters. The Morgan fingerprint density at radius 1 is 1.35 bits per heavy atom. The lowest BCUT2D eigenvalue weighted by atomic mass is 9.90. The minimum Gasteiger partial charge on any atom is -0.311 e. The number of nitrogens with zero attached hydrogens (tertiary/aromatic N) is 1. The maximum Gasteiger partial charge on any atom is 0.0346 e. The van der Waals surface area contributed by atoms with Crippen LogP contribution < -0.4 is 5.32 Å². The molecule has 0 bridgehead atoms. The highest BCUT2D eigenvalue weighted by Gasteiger charge is 2.46. The molecule has 0 radical (unpaired) electrons. The molecule has 1 saturated heterocycles. The Hall–Kier alpha value is 0.1000. The molecule has 0 amide bonds. The van der Waals surface area contributed by atoms with Crippen molar-refractivity contribution in [3.63, 3.8) is 0 Å². The Labute approximate surface area is 134 Å². The number of hydrogen-bond acceptors (Lipinski definition) is 3. The summed E-state index contributed by atoms with van der Waals surface area (Å²) in [5.41, 5.74) is 0.453. The summed E-state index contributed by atoms with van der Waals surface area (Å²) < 4.78 is 1.30. The largest absolute Gasteiger partial charge is 0.311 e. The van der Waals surface area contributed by atoms with Crippen LogP contribution in [-0.2, 0) is 6.54 Å². The van der Waals surface area contributed by atoms with Gasteiger partial charge in [0.2, 0.25) is 0 Å². The molecule has 4 rings (SSSR count). The van der Waals surface area contributed by atoms with E-state index in [2.05, 4.69) is 37.6 Å². The van der Waals surface area contributed by atoms with E-state index in [4.69, 9.17) is 0 Å². The first-order chi connectivity index (χ1) is 9.77. The first-order valence-electron chi connectivity index (χ1n) is 7.97. The van der Waals surface area contributed by atoms with Gasteiger partial charge in [0.1, 0.15) is 0 Å². The van der Waals surface area contributed by atoms with Gasteiger partial charge in [-0.15, -0.1) is 11.3 Å². The Bertz CT molecular complexity index is 477. The van der Waals surface area contributed by atoms with E-state index in [1.54, 1.807) is 0 Å². The number of halogens is 1. The molecule has 1 aliphatic heterocycles. The van der Waals surface area contributed by atoms with Gasteiger partial charge in [0.15, 0.2) is 0 Å². The van der Waals surface area contributed by atoms with Gasteiger partial charge < -0.3 is 5.32 Å². The minimum atomic E-state index is 0.453. The molecule has 1 aromatic heterocycles. The third-order valence-electron chi connectivity index (χ3n) is 5.53. The zero-order valence-corrected chi connectivity index (χ0v) is 14.3. The van der Waals surface area contributed by atoms with E-state index < -0.39 is 0 Å². The monoisotopic (exact) mass is 354 g/mol. The normalized spacial score (nSPS) is 30.1. The van der Waals surface area contributed by atoms with Crippen LogP contribution in [0.4, 0.5) is 0 Å². The van der Waals surface area contributed by atoms with Gasteiger partial charge in [-0.25, -0.2) is 0 Å². The molecule has 1 N–H and O–H groups in total. The van der Waals surface area contributed by atoms with Crippen molar-refractivity contribution >= 4 is 27.3 Å². The van der Waals surface area contributed by atoms with E-state index in [1.807, 2.05) is 11.3 Å². The average molecular weight is 355 g/mol. The SMILES string of the molecule is Brc1ccsc1CN1CC(C2CC2)NCC12CCCC2. The maximum absolute atomic E-state index is 3.89. The quantitative estimate of drug-likeness (QED) is 0.882. The number of piperazine rings is 1. The van der Waals surface area contributed by atoms with Crippen molar-refractivity contribution in [1.82, 2.24) is 10.2 Å². The zero-order chi connectivity index (χ0) is 13.6. The van der Waals surface area contributed by atoms with Crippen molar-refractivity contribution in [2.75, 3.05) is 13.1 Å². The van der Waals surface area contributed by atoms with Crippen LogP contribution in [0.5, 0.6) is 0 Å². The van der Waals surface area contributed by atoms with Crippen molar-refractivity contribution in [1.29, 1.82) is 0 Å². The predicted octanol–water partition coefficient (Wildman–Crippen LogP) is 4.01. The third kappa shape index (κ3) is 2.49. The summed E-state index contributed by atoms with van der Waals surface area (Å²) in [4.78, 5) is 4.34. The molecule has 2 aliphatic carbocycles. The average Bonchev–Trinajstić information content (AvgIpc) is 3.07. The minimum absolute atomic E-state index is 0.453. The highest BCUT2D eigenvalue weighted by molar-refractivity contribution is 9.10. The van der Waals surface area contributed by atoms with Crippen LogP contribution in [0.25, 0.3) is 0 Å². The summed E-state index contributed by atoms with van der Waals surface area (Å²) in [6, 6.07) is 2.95. The summed E-state index contributed by atoms with van der Waals surface area (Å²) in [6.07, 6.45) is 8.50. The van der Waals surface area contributed by atoms with Gasteiger partial charge in [0.05, 0.1) is 0 Å². The fourth-order valence-corrected chi connectivity index (χ4v) is 5.60. The summed E-state index contributed by atoms with van der Waals surface area (Å²) in [7, 11) is 0. The van der Waals surface area contributed by atoms with Crippen molar-refractivity contribution < 1.29 is 0 Å². The molecule has 20 heavy (non-hydrogen) atoms. The summed E-state index contributed by atoms with van der Waals surface area (Å²) in [5, 5.41) is 6.10. The van der Waals surface area contributed by atoms with Crippen molar-refractivity contribution in [3.8, 4) is 0 Å². The first-order valence-corrected chi connectivity index (χ1v) is 9.64. The molecule has 1 aromatic rings. The third-order valence-corrected chi connectivity index (χ3v) is 7.44. The van der Waals surface area contributed by atoms with Crippen molar-refractivity contribution in [3.05, 3.63) is 20.8 Å². The Balaban J connectivity index is 1.55. The van der Waals surface area contributed by atoms with E-state index in [1.165, 1.54) is 61.0 Å². The number of rotatable bonds is 3. The van der Waals surface area contributed by atoms with Gasteiger partial charge in [-0.1, -0.05) is 12.8 Å². The second-order valence-electron chi connectivity index (χ2n) is 6.83. The van der Waals surface area contributed by atoms with Gasteiger partial charge in [0, 0.05) is 40.6 Å². The molecular weight excluding hydrogens is 332 g/mol. The van der Waals surface area contributed by atoms with E-state index in [0.29, 0.717) is 5.54 Å². The van der Waals surface area contributed by atoms with E-state index in [-0.39, 0.29) is 0 Å². The van der Waals surface area contributed by atoms with Crippen LogP contribution in [0.1, 0.15) is 43.4 Å². The van der Waals surface area contributed by atoms with Crippen LogP contribution in [0.2, 0.25) is 0 Å². The standard InChI is InChI=1S/C16H23BrN2S/c17-13-5-8-20-15(13)10-19-9-14(12-3-4-12)18-11-16(19)6-1-2-7-16/h5,8,12,14,18H,1-4,6-7,9-11H2. The molecule has 110 valence electrons. The van der Waals surface area contributed by atoms with E-state index in [9.17, 15) is 0 Å². The topological polar surface area (TPSA) is 15.3 Å². The lowest BCUT2D eigenvalue weighted by molar-refractivity contribution is 0.0318. The molecule has 1 spiro atoms. The second-order valence-corrected chi connectivity index (χ2v) is 8.68.